The van der Waals surface area contributed by atoms with E-state index in [1.54, 1.807) is 30.1 Å². The number of nitrogens with one attached hydrogen (secondary N) is 1. The van der Waals surface area contributed by atoms with Crippen LogP contribution < -0.4 is 16.0 Å². The molecular weight excluding hydrogens is 296 g/mol. The van der Waals surface area contributed by atoms with E-state index in [-0.39, 0.29) is 30.5 Å². The van der Waals surface area contributed by atoms with Crippen LogP contribution in [0.1, 0.15) is 13.8 Å². The highest BCUT2D eigenvalue weighted by atomic mass is 35.5. The molecule has 3 N–H and O–H groups in total. The van der Waals surface area contributed by atoms with Crippen molar-refractivity contribution in [1.82, 2.24) is 5.32 Å². The fraction of sp³-hybridized carbons (Fsp3) is 0.462. The Labute approximate surface area is 130 Å². The van der Waals surface area contributed by atoms with Crippen LogP contribution in [0.2, 0.25) is 0 Å². The molecule has 1 aromatic rings. The van der Waals surface area contributed by atoms with Gasteiger partial charge in [0.15, 0.2) is 0 Å². The van der Waals surface area contributed by atoms with E-state index in [9.17, 15) is 14.9 Å². The number of nitro groups is 1. The van der Waals surface area contributed by atoms with Crippen LogP contribution in [-0.2, 0) is 4.79 Å². The number of nitrogens with zero attached hydrogens (tertiary/aromatic N) is 2. The number of nitrogens with two attached hydrogens (primary N) is 1. The van der Waals surface area contributed by atoms with E-state index in [4.69, 9.17) is 5.73 Å². The van der Waals surface area contributed by atoms with Crippen LogP contribution in [0.25, 0.3) is 0 Å². The normalized spacial score (nSPS) is 10.5. The summed E-state index contributed by atoms with van der Waals surface area (Å²) in [5.41, 5.74) is 5.42. The van der Waals surface area contributed by atoms with Gasteiger partial charge in [-0.05, 0) is 19.9 Å². The summed E-state index contributed by atoms with van der Waals surface area (Å²) in [6.45, 7) is 3.97. The lowest BCUT2D eigenvalue weighted by molar-refractivity contribution is -0.384. The van der Waals surface area contributed by atoms with Gasteiger partial charge in [-0.2, -0.15) is 0 Å². The molecule has 0 aliphatic rings. The summed E-state index contributed by atoms with van der Waals surface area (Å²) in [6, 6.07) is 6.31. The van der Waals surface area contributed by atoms with Crippen LogP contribution in [0.4, 0.5) is 11.4 Å². The van der Waals surface area contributed by atoms with Crippen LogP contribution in [0.3, 0.4) is 0 Å². The molecule has 0 spiro atoms. The highest BCUT2D eigenvalue weighted by molar-refractivity contribution is 5.85. The number of nitro benzene ring substituents is 1. The molecule has 8 heteroatoms. The van der Waals surface area contributed by atoms with Crippen LogP contribution in [0.5, 0.6) is 0 Å². The number of halogens is 1. The van der Waals surface area contributed by atoms with Gasteiger partial charge < -0.3 is 16.0 Å². The minimum atomic E-state index is -0.499. The zero-order chi connectivity index (χ0) is 15.3. The first-order chi connectivity index (χ1) is 9.26. The first kappa shape index (κ1) is 19.1. The molecule has 0 radical (unpaired) electrons. The molecule has 1 aromatic carbocycles. The minimum Gasteiger partial charge on any atom is -0.360 e. The predicted octanol–water partition coefficient (Wildman–Crippen LogP) is 1.31. The average Bonchev–Trinajstić information content (AvgIpc) is 2.37. The summed E-state index contributed by atoms with van der Waals surface area (Å²) in [7, 11) is 1.64. The van der Waals surface area contributed by atoms with E-state index in [1.165, 1.54) is 6.07 Å². The smallest absolute Gasteiger partial charge is 0.292 e. The molecule has 0 saturated carbocycles. The zero-order valence-electron chi connectivity index (χ0n) is 12.3. The summed E-state index contributed by atoms with van der Waals surface area (Å²) in [5, 5.41) is 13.7. The average molecular weight is 317 g/mol. The maximum atomic E-state index is 11.9. The number of benzene rings is 1. The number of carbonyl (C=O) groups excluding carboxylic acids is 1. The summed E-state index contributed by atoms with van der Waals surface area (Å²) in [6.07, 6.45) is 0. The second-order valence-electron chi connectivity index (χ2n) is 5.24. The maximum absolute atomic E-state index is 11.9. The lowest BCUT2D eigenvalue weighted by Gasteiger charge is -2.26. The van der Waals surface area contributed by atoms with E-state index in [2.05, 4.69) is 5.32 Å². The van der Waals surface area contributed by atoms with Gasteiger partial charge in [0.05, 0.1) is 11.5 Å². The Morgan fingerprint density at radius 1 is 1.43 bits per heavy atom. The third-order valence-corrected chi connectivity index (χ3v) is 2.86. The first-order valence-electron chi connectivity index (χ1n) is 6.22. The van der Waals surface area contributed by atoms with Gasteiger partial charge in [0, 0.05) is 25.2 Å². The molecular formula is C13H21ClN4O3. The molecule has 0 bridgehead atoms. The van der Waals surface area contributed by atoms with Gasteiger partial charge in [-0.25, -0.2) is 0 Å². The number of hydrogen-bond acceptors (Lipinski definition) is 5. The summed E-state index contributed by atoms with van der Waals surface area (Å²) < 4.78 is 0. The van der Waals surface area contributed by atoms with Crippen molar-refractivity contribution in [2.24, 2.45) is 5.73 Å². The van der Waals surface area contributed by atoms with Crippen molar-refractivity contribution in [2.75, 3.05) is 25.0 Å². The minimum absolute atomic E-state index is 0. The summed E-state index contributed by atoms with van der Waals surface area (Å²) >= 11 is 0. The number of amides is 1. The maximum Gasteiger partial charge on any atom is 0.292 e. The predicted molar refractivity (Wildman–Crippen MR) is 84.9 cm³/mol. The summed E-state index contributed by atoms with van der Waals surface area (Å²) in [5.74, 6) is -0.235. The van der Waals surface area contributed by atoms with Gasteiger partial charge in [-0.1, -0.05) is 12.1 Å². The van der Waals surface area contributed by atoms with Crippen molar-refractivity contribution in [1.29, 1.82) is 0 Å². The van der Waals surface area contributed by atoms with Crippen molar-refractivity contribution in [2.45, 2.75) is 19.4 Å². The topological polar surface area (TPSA) is 102 Å². The van der Waals surface area contributed by atoms with E-state index in [1.807, 2.05) is 13.8 Å². The lowest BCUT2D eigenvalue weighted by atomic mass is 10.1. The fourth-order valence-electron chi connectivity index (χ4n) is 1.71. The molecule has 0 aromatic heterocycles. The molecule has 118 valence electrons. The van der Waals surface area contributed by atoms with Gasteiger partial charge in [-0.15, -0.1) is 12.4 Å². The molecule has 0 fully saturated rings. The SMILES string of the molecule is CN(CC(=O)NC(C)(C)CN)c1ccccc1[N+](=O)[O-].Cl. The number of rotatable bonds is 6. The number of carbonyl (C=O) groups is 1. The van der Waals surface area contributed by atoms with Crippen molar-refractivity contribution in [3.8, 4) is 0 Å². The second kappa shape index (κ2) is 7.80. The molecule has 0 saturated heterocycles. The molecule has 0 aliphatic heterocycles. The van der Waals surface area contributed by atoms with Crippen molar-refractivity contribution >= 4 is 29.7 Å². The van der Waals surface area contributed by atoms with E-state index < -0.39 is 10.5 Å². The number of likely N-dealkylation sites (N-methyl/N-ethyl adjacent to an activating group) is 1. The second-order valence-corrected chi connectivity index (χ2v) is 5.24. The Morgan fingerprint density at radius 2 is 2.00 bits per heavy atom. The molecule has 0 heterocycles. The Morgan fingerprint density at radius 3 is 2.52 bits per heavy atom. The molecule has 0 aliphatic carbocycles. The quantitative estimate of drug-likeness (QED) is 0.608. The lowest BCUT2D eigenvalue weighted by Crippen LogP contribution is -2.51. The largest absolute Gasteiger partial charge is 0.360 e. The van der Waals surface area contributed by atoms with Crippen molar-refractivity contribution < 1.29 is 9.72 Å². The van der Waals surface area contributed by atoms with Gasteiger partial charge in [0.1, 0.15) is 5.69 Å². The Kier molecular flexibility index (Phi) is 7.11. The monoisotopic (exact) mass is 316 g/mol. The van der Waals surface area contributed by atoms with Crippen LogP contribution in [-0.4, -0.2) is 36.5 Å². The number of anilines is 1. The van der Waals surface area contributed by atoms with Gasteiger partial charge >= 0.3 is 0 Å². The molecule has 21 heavy (non-hydrogen) atoms. The Balaban J connectivity index is 0.00000400. The van der Waals surface area contributed by atoms with Crippen molar-refractivity contribution in [3.05, 3.63) is 34.4 Å². The van der Waals surface area contributed by atoms with Crippen LogP contribution >= 0.6 is 12.4 Å². The molecule has 0 unspecified atom stereocenters. The van der Waals surface area contributed by atoms with Crippen molar-refractivity contribution in [3.63, 3.8) is 0 Å². The number of hydrogen-bond donors (Lipinski definition) is 2. The zero-order valence-corrected chi connectivity index (χ0v) is 13.1. The Hall–Kier alpha value is -1.86. The molecule has 7 nitrogen and oxygen atoms in total. The standard InChI is InChI=1S/C13H20N4O3.ClH/c1-13(2,9-14)15-12(18)8-16(3)10-6-4-5-7-11(10)17(19)20;/h4-7H,8-9,14H2,1-3H3,(H,15,18);1H. The van der Waals surface area contributed by atoms with Gasteiger partial charge in [0.25, 0.3) is 5.69 Å². The Bertz CT molecular complexity index is 508. The van der Waals surface area contributed by atoms with E-state index in [0.717, 1.165) is 0 Å². The highest BCUT2D eigenvalue weighted by Crippen LogP contribution is 2.26. The van der Waals surface area contributed by atoms with Crippen LogP contribution in [0, 0.1) is 10.1 Å². The highest BCUT2D eigenvalue weighted by Gasteiger charge is 2.21. The van der Waals surface area contributed by atoms with E-state index >= 15 is 0 Å². The molecule has 0 atom stereocenters. The van der Waals surface area contributed by atoms with Gasteiger partial charge in [-0.3, -0.25) is 14.9 Å². The van der Waals surface area contributed by atoms with Gasteiger partial charge in [0.2, 0.25) is 5.91 Å². The van der Waals surface area contributed by atoms with Crippen LogP contribution in [0.15, 0.2) is 24.3 Å². The number of para-hydroxylation sites is 2. The third kappa shape index (κ3) is 5.57. The molecule has 1 amide bonds. The summed E-state index contributed by atoms with van der Waals surface area (Å²) in [4.78, 5) is 23.9. The fourth-order valence-corrected chi connectivity index (χ4v) is 1.71. The third-order valence-electron chi connectivity index (χ3n) is 2.86. The molecule has 1 rings (SSSR count). The first-order valence-corrected chi connectivity index (χ1v) is 6.22. The van der Waals surface area contributed by atoms with E-state index in [0.29, 0.717) is 12.2 Å².